The number of nitrogens with zero attached hydrogens (tertiary/aromatic N) is 1. The Morgan fingerprint density at radius 1 is 0.950 bits per heavy atom. The molecule has 1 unspecified atom stereocenters. The lowest BCUT2D eigenvalue weighted by molar-refractivity contribution is 0.303. The molecule has 1 rings (SSSR count). The lowest BCUT2D eigenvalue weighted by Gasteiger charge is -2.35. The Labute approximate surface area is 126 Å². The molecule has 0 aliphatic carbocycles. The van der Waals surface area contributed by atoms with E-state index in [1.807, 2.05) is 0 Å². The van der Waals surface area contributed by atoms with Crippen molar-refractivity contribution in [3.63, 3.8) is 0 Å². The van der Waals surface area contributed by atoms with E-state index in [9.17, 15) is 0 Å². The van der Waals surface area contributed by atoms with Crippen molar-refractivity contribution in [2.75, 3.05) is 11.9 Å². The lowest BCUT2D eigenvalue weighted by atomic mass is 9.74. The summed E-state index contributed by atoms with van der Waals surface area (Å²) in [6, 6.07) is 9.19. The van der Waals surface area contributed by atoms with Gasteiger partial charge in [-0.25, -0.2) is 0 Å². The summed E-state index contributed by atoms with van der Waals surface area (Å²) in [4.78, 5) is 2.34. The van der Waals surface area contributed by atoms with Crippen LogP contribution in [0.3, 0.4) is 0 Å². The van der Waals surface area contributed by atoms with Crippen molar-refractivity contribution >= 4 is 5.69 Å². The van der Waals surface area contributed by atoms with Gasteiger partial charge in [-0.2, -0.15) is 0 Å². The van der Waals surface area contributed by atoms with Gasteiger partial charge in [-0.1, -0.05) is 46.2 Å². The van der Waals surface area contributed by atoms with E-state index < -0.39 is 0 Å². The molecule has 0 aliphatic heterocycles. The van der Waals surface area contributed by atoms with Gasteiger partial charge < -0.3 is 4.90 Å². The molecule has 1 aromatic rings. The highest BCUT2D eigenvalue weighted by molar-refractivity contribution is 5.49. The number of hydrogen-bond donors (Lipinski definition) is 0. The van der Waals surface area contributed by atoms with Crippen LogP contribution in [-0.4, -0.2) is 12.6 Å². The van der Waals surface area contributed by atoms with Gasteiger partial charge in [0.25, 0.3) is 0 Å². The van der Waals surface area contributed by atoms with Gasteiger partial charge in [0.1, 0.15) is 0 Å². The maximum atomic E-state index is 2.35. The summed E-state index contributed by atoms with van der Waals surface area (Å²) in [5.41, 5.74) is 3.26. The summed E-state index contributed by atoms with van der Waals surface area (Å²) in [5.74, 6) is 0.640. The van der Waals surface area contributed by atoms with Gasteiger partial charge in [0.2, 0.25) is 0 Å². The Morgan fingerprint density at radius 2 is 1.45 bits per heavy atom. The molecule has 1 heteroatoms. The number of hydrogen-bond acceptors (Lipinski definition) is 1. The fraction of sp³-hybridized carbons (Fsp3) is 0.684. The van der Waals surface area contributed by atoms with Gasteiger partial charge in [0.05, 0.1) is 0 Å². The van der Waals surface area contributed by atoms with Gasteiger partial charge in [-0.15, -0.1) is 0 Å². The zero-order valence-electron chi connectivity index (χ0n) is 14.7. The van der Waals surface area contributed by atoms with Crippen LogP contribution in [0.5, 0.6) is 0 Å². The standard InChI is InChI=1S/C19H33N/c1-9-10-17(18(2,3)4)15-11-13-16(14-12-15)20(8)19(5,6)7/h11-14,17H,9-10H2,1-8H3. The summed E-state index contributed by atoms with van der Waals surface area (Å²) in [6.07, 6.45) is 2.50. The smallest absolute Gasteiger partial charge is 0.0368 e. The van der Waals surface area contributed by atoms with Crippen molar-refractivity contribution in [3.05, 3.63) is 29.8 Å². The minimum Gasteiger partial charge on any atom is -0.370 e. The minimum atomic E-state index is 0.161. The van der Waals surface area contributed by atoms with E-state index in [1.54, 1.807) is 0 Å². The molecule has 0 aromatic heterocycles. The molecule has 0 saturated carbocycles. The van der Waals surface area contributed by atoms with Crippen molar-refractivity contribution < 1.29 is 0 Å². The molecule has 0 spiro atoms. The third-order valence-electron chi connectivity index (χ3n) is 4.31. The molecule has 0 radical (unpaired) electrons. The van der Waals surface area contributed by atoms with Crippen LogP contribution in [0.4, 0.5) is 5.69 Å². The molecule has 20 heavy (non-hydrogen) atoms. The first-order valence-corrected chi connectivity index (χ1v) is 7.91. The topological polar surface area (TPSA) is 3.24 Å². The van der Waals surface area contributed by atoms with E-state index in [2.05, 4.69) is 84.7 Å². The van der Waals surface area contributed by atoms with Crippen LogP contribution in [0.2, 0.25) is 0 Å². The van der Waals surface area contributed by atoms with Crippen LogP contribution in [0.25, 0.3) is 0 Å². The molecule has 0 saturated heterocycles. The van der Waals surface area contributed by atoms with Crippen molar-refractivity contribution in [2.24, 2.45) is 5.41 Å². The second-order valence-electron chi connectivity index (χ2n) is 8.03. The average molecular weight is 275 g/mol. The molecule has 1 nitrogen and oxygen atoms in total. The van der Waals surface area contributed by atoms with E-state index in [0.717, 1.165) is 0 Å². The van der Waals surface area contributed by atoms with Crippen molar-refractivity contribution in [1.29, 1.82) is 0 Å². The third kappa shape index (κ3) is 4.26. The zero-order valence-corrected chi connectivity index (χ0v) is 14.7. The summed E-state index contributed by atoms with van der Waals surface area (Å²) >= 11 is 0. The van der Waals surface area contributed by atoms with Crippen LogP contribution >= 0.6 is 0 Å². The SMILES string of the molecule is CCCC(c1ccc(N(C)C(C)(C)C)cc1)C(C)(C)C. The fourth-order valence-electron chi connectivity index (χ4n) is 2.71. The Balaban J connectivity index is 3.00. The second-order valence-corrected chi connectivity index (χ2v) is 8.03. The minimum absolute atomic E-state index is 0.161. The molecule has 0 amide bonds. The molecule has 1 aromatic carbocycles. The highest BCUT2D eigenvalue weighted by Gasteiger charge is 2.25. The Bertz CT molecular complexity index is 403. The van der Waals surface area contributed by atoms with E-state index >= 15 is 0 Å². The average Bonchev–Trinajstić information content (AvgIpc) is 2.33. The summed E-state index contributed by atoms with van der Waals surface area (Å²) < 4.78 is 0. The third-order valence-corrected chi connectivity index (χ3v) is 4.31. The molecule has 0 N–H and O–H groups in total. The van der Waals surface area contributed by atoms with E-state index in [1.165, 1.54) is 24.1 Å². The number of benzene rings is 1. The fourth-order valence-corrected chi connectivity index (χ4v) is 2.71. The van der Waals surface area contributed by atoms with E-state index in [0.29, 0.717) is 11.3 Å². The summed E-state index contributed by atoms with van der Waals surface area (Å²) in [5, 5.41) is 0. The Hall–Kier alpha value is -0.980. The highest BCUT2D eigenvalue weighted by atomic mass is 15.2. The van der Waals surface area contributed by atoms with Crippen molar-refractivity contribution in [2.45, 2.75) is 72.8 Å². The number of anilines is 1. The summed E-state index contributed by atoms with van der Waals surface area (Å²) in [7, 11) is 2.17. The quantitative estimate of drug-likeness (QED) is 0.666. The molecule has 0 aliphatic rings. The number of rotatable bonds is 4. The summed E-state index contributed by atoms with van der Waals surface area (Å²) in [6.45, 7) is 16.1. The van der Waals surface area contributed by atoms with Gasteiger partial charge in [-0.05, 0) is 56.2 Å². The molecule has 0 fully saturated rings. The second kappa shape index (κ2) is 6.20. The first-order valence-electron chi connectivity index (χ1n) is 7.91. The first kappa shape index (κ1) is 17.1. The Kier molecular flexibility index (Phi) is 5.29. The predicted octanol–water partition coefficient (Wildman–Crippen LogP) is 5.85. The normalized spacial score (nSPS) is 14.2. The molecular weight excluding hydrogens is 242 g/mol. The van der Waals surface area contributed by atoms with Crippen LogP contribution in [0.1, 0.15) is 72.8 Å². The maximum Gasteiger partial charge on any atom is 0.0368 e. The van der Waals surface area contributed by atoms with Crippen molar-refractivity contribution in [1.82, 2.24) is 0 Å². The molecular formula is C19H33N. The maximum absolute atomic E-state index is 2.35. The van der Waals surface area contributed by atoms with Crippen LogP contribution < -0.4 is 4.90 Å². The predicted molar refractivity (Wildman–Crippen MR) is 91.7 cm³/mol. The zero-order chi connectivity index (χ0) is 15.6. The highest BCUT2D eigenvalue weighted by Crippen LogP contribution is 2.39. The molecule has 114 valence electrons. The van der Waals surface area contributed by atoms with E-state index in [4.69, 9.17) is 0 Å². The molecule has 0 heterocycles. The first-order chi connectivity index (χ1) is 9.07. The van der Waals surface area contributed by atoms with Crippen LogP contribution in [0, 0.1) is 5.41 Å². The van der Waals surface area contributed by atoms with Crippen molar-refractivity contribution in [3.8, 4) is 0 Å². The lowest BCUT2D eigenvalue weighted by Crippen LogP contribution is -2.38. The van der Waals surface area contributed by atoms with Crippen LogP contribution in [-0.2, 0) is 0 Å². The van der Waals surface area contributed by atoms with Gasteiger partial charge in [-0.3, -0.25) is 0 Å². The molecule has 1 atom stereocenters. The van der Waals surface area contributed by atoms with Crippen LogP contribution in [0.15, 0.2) is 24.3 Å². The van der Waals surface area contributed by atoms with Gasteiger partial charge >= 0.3 is 0 Å². The Morgan fingerprint density at radius 3 is 1.80 bits per heavy atom. The van der Waals surface area contributed by atoms with Gasteiger partial charge in [0.15, 0.2) is 0 Å². The monoisotopic (exact) mass is 275 g/mol. The largest absolute Gasteiger partial charge is 0.370 e. The molecule has 0 bridgehead atoms. The van der Waals surface area contributed by atoms with E-state index in [-0.39, 0.29) is 5.54 Å². The van der Waals surface area contributed by atoms with Gasteiger partial charge in [0, 0.05) is 18.3 Å².